The molecule has 0 aliphatic heterocycles. The van der Waals surface area contributed by atoms with E-state index in [-0.39, 0.29) is 11.7 Å². The summed E-state index contributed by atoms with van der Waals surface area (Å²) in [6.45, 7) is 0. The first-order chi connectivity index (χ1) is 7.75. The Kier molecular flexibility index (Phi) is 2.77. The van der Waals surface area contributed by atoms with Gasteiger partial charge in [-0.2, -0.15) is 0 Å². The number of hydrogen-bond donors (Lipinski definition) is 2. The van der Waals surface area contributed by atoms with Crippen LogP contribution in [0.4, 0.5) is 5.69 Å². The number of rotatable bonds is 2. The third-order valence-electron chi connectivity index (χ3n) is 1.92. The summed E-state index contributed by atoms with van der Waals surface area (Å²) in [6, 6.07) is 4.70. The second kappa shape index (κ2) is 4.39. The third kappa shape index (κ3) is 2.33. The Labute approximate surface area is 91.8 Å². The van der Waals surface area contributed by atoms with Crippen molar-refractivity contribution in [2.24, 2.45) is 0 Å². The molecule has 0 spiro atoms. The number of carbonyl (C=O) groups is 1. The fraction of sp³-hybridized carbons (Fsp3) is 0. The van der Waals surface area contributed by atoms with E-state index in [1.807, 2.05) is 0 Å². The molecule has 2 heterocycles. The standard InChI is InChI=1S/C11H9N3O2/c15-10-5-8(6-13-7-10)11(16)14-9-1-3-12-4-2-9/h1-7,15H,(H,12,14,16). The first-order valence-corrected chi connectivity index (χ1v) is 4.61. The van der Waals surface area contributed by atoms with E-state index in [1.165, 1.54) is 18.5 Å². The van der Waals surface area contributed by atoms with Crippen molar-refractivity contribution in [3.63, 3.8) is 0 Å². The van der Waals surface area contributed by atoms with Crippen molar-refractivity contribution in [3.8, 4) is 5.75 Å². The summed E-state index contributed by atoms with van der Waals surface area (Å²) < 4.78 is 0. The number of nitrogens with zero attached hydrogens (tertiary/aromatic N) is 2. The molecular weight excluding hydrogens is 206 g/mol. The van der Waals surface area contributed by atoms with Gasteiger partial charge in [-0.25, -0.2) is 0 Å². The van der Waals surface area contributed by atoms with Gasteiger partial charge in [0.2, 0.25) is 0 Å². The van der Waals surface area contributed by atoms with Gasteiger partial charge in [0, 0.05) is 24.3 Å². The van der Waals surface area contributed by atoms with Gasteiger partial charge in [-0.1, -0.05) is 0 Å². The van der Waals surface area contributed by atoms with Gasteiger partial charge in [-0.05, 0) is 18.2 Å². The molecule has 0 fully saturated rings. The third-order valence-corrected chi connectivity index (χ3v) is 1.92. The largest absolute Gasteiger partial charge is 0.506 e. The average molecular weight is 215 g/mol. The molecule has 5 heteroatoms. The monoisotopic (exact) mass is 215 g/mol. The van der Waals surface area contributed by atoms with Gasteiger partial charge in [0.25, 0.3) is 5.91 Å². The number of aromatic nitrogens is 2. The van der Waals surface area contributed by atoms with E-state index in [4.69, 9.17) is 0 Å². The van der Waals surface area contributed by atoms with Crippen molar-refractivity contribution in [2.45, 2.75) is 0 Å². The van der Waals surface area contributed by atoms with Crippen LogP contribution in [0, 0.1) is 0 Å². The summed E-state index contributed by atoms with van der Waals surface area (Å²) in [5.74, 6) is -0.364. The second-order valence-corrected chi connectivity index (χ2v) is 3.12. The van der Waals surface area contributed by atoms with E-state index in [9.17, 15) is 9.90 Å². The Bertz CT molecular complexity index is 500. The molecule has 2 aromatic rings. The van der Waals surface area contributed by atoms with Crippen molar-refractivity contribution in [1.82, 2.24) is 9.97 Å². The molecule has 0 aromatic carbocycles. The van der Waals surface area contributed by atoms with Crippen molar-refractivity contribution in [1.29, 1.82) is 0 Å². The lowest BCUT2D eigenvalue weighted by atomic mass is 10.2. The number of carbonyl (C=O) groups excluding carboxylic acids is 1. The Morgan fingerprint density at radius 3 is 2.62 bits per heavy atom. The first-order valence-electron chi connectivity index (χ1n) is 4.61. The van der Waals surface area contributed by atoms with Gasteiger partial charge >= 0.3 is 0 Å². The quantitative estimate of drug-likeness (QED) is 0.794. The first kappa shape index (κ1) is 10.1. The molecular formula is C11H9N3O2. The van der Waals surface area contributed by atoms with Crippen molar-refractivity contribution < 1.29 is 9.90 Å². The van der Waals surface area contributed by atoms with Crippen LogP contribution in [0.5, 0.6) is 5.75 Å². The topological polar surface area (TPSA) is 75.1 Å². The molecule has 0 bridgehead atoms. The molecule has 2 rings (SSSR count). The van der Waals surface area contributed by atoms with Crippen molar-refractivity contribution in [2.75, 3.05) is 5.32 Å². The smallest absolute Gasteiger partial charge is 0.257 e. The zero-order valence-electron chi connectivity index (χ0n) is 8.29. The molecule has 0 radical (unpaired) electrons. The molecule has 80 valence electrons. The van der Waals surface area contributed by atoms with Gasteiger partial charge in [0.05, 0.1) is 11.8 Å². The van der Waals surface area contributed by atoms with Crippen LogP contribution in [0.1, 0.15) is 10.4 Å². The highest BCUT2D eigenvalue weighted by molar-refractivity contribution is 6.04. The number of amides is 1. The van der Waals surface area contributed by atoms with Crippen LogP contribution >= 0.6 is 0 Å². The lowest BCUT2D eigenvalue weighted by Gasteiger charge is -2.04. The minimum atomic E-state index is -0.324. The van der Waals surface area contributed by atoms with Gasteiger partial charge in [-0.3, -0.25) is 14.8 Å². The molecule has 5 nitrogen and oxygen atoms in total. The minimum absolute atomic E-state index is 0.0395. The normalized spacial score (nSPS) is 9.75. The summed E-state index contributed by atoms with van der Waals surface area (Å²) in [7, 11) is 0. The summed E-state index contributed by atoms with van der Waals surface area (Å²) in [5.41, 5.74) is 0.945. The fourth-order valence-corrected chi connectivity index (χ4v) is 1.19. The molecule has 1 amide bonds. The Morgan fingerprint density at radius 1 is 1.19 bits per heavy atom. The Balaban J connectivity index is 2.15. The SMILES string of the molecule is O=C(Nc1ccncc1)c1cncc(O)c1. The minimum Gasteiger partial charge on any atom is -0.506 e. The molecule has 0 unspecified atom stereocenters. The highest BCUT2D eigenvalue weighted by Gasteiger charge is 2.06. The zero-order valence-corrected chi connectivity index (χ0v) is 8.29. The summed E-state index contributed by atoms with van der Waals surface area (Å²) >= 11 is 0. The number of pyridine rings is 2. The number of anilines is 1. The maximum absolute atomic E-state index is 11.7. The highest BCUT2D eigenvalue weighted by atomic mass is 16.3. The van der Waals surface area contributed by atoms with Crippen LogP contribution in [-0.4, -0.2) is 21.0 Å². The van der Waals surface area contributed by atoms with E-state index < -0.39 is 0 Å². The fourth-order valence-electron chi connectivity index (χ4n) is 1.19. The second-order valence-electron chi connectivity index (χ2n) is 3.12. The Morgan fingerprint density at radius 2 is 1.94 bits per heavy atom. The lowest BCUT2D eigenvalue weighted by Crippen LogP contribution is -2.11. The predicted molar refractivity (Wildman–Crippen MR) is 58.1 cm³/mol. The van der Waals surface area contributed by atoms with Crippen LogP contribution in [0.15, 0.2) is 43.0 Å². The average Bonchev–Trinajstić information content (AvgIpc) is 2.30. The molecule has 0 atom stereocenters. The molecule has 0 aliphatic rings. The van der Waals surface area contributed by atoms with Gasteiger partial charge < -0.3 is 10.4 Å². The van der Waals surface area contributed by atoms with E-state index in [2.05, 4.69) is 15.3 Å². The molecule has 0 saturated heterocycles. The maximum Gasteiger partial charge on any atom is 0.257 e. The molecule has 2 aromatic heterocycles. The van der Waals surface area contributed by atoms with Gasteiger partial charge in [0.1, 0.15) is 5.75 Å². The van der Waals surface area contributed by atoms with Gasteiger partial charge in [0.15, 0.2) is 0 Å². The van der Waals surface area contributed by atoms with E-state index in [0.717, 1.165) is 0 Å². The Hall–Kier alpha value is -2.43. The van der Waals surface area contributed by atoms with Crippen LogP contribution in [0.2, 0.25) is 0 Å². The maximum atomic E-state index is 11.7. The van der Waals surface area contributed by atoms with Crippen LogP contribution in [0.25, 0.3) is 0 Å². The highest BCUT2D eigenvalue weighted by Crippen LogP contribution is 2.11. The summed E-state index contributed by atoms with van der Waals surface area (Å²) in [4.78, 5) is 19.2. The van der Waals surface area contributed by atoms with Crippen LogP contribution < -0.4 is 5.32 Å². The summed E-state index contributed by atoms with van der Waals surface area (Å²) in [5, 5.41) is 11.8. The number of hydrogen-bond acceptors (Lipinski definition) is 4. The zero-order chi connectivity index (χ0) is 11.4. The van der Waals surface area contributed by atoms with E-state index in [0.29, 0.717) is 11.3 Å². The van der Waals surface area contributed by atoms with Crippen LogP contribution in [-0.2, 0) is 0 Å². The van der Waals surface area contributed by atoms with E-state index >= 15 is 0 Å². The molecule has 0 saturated carbocycles. The number of aromatic hydroxyl groups is 1. The number of nitrogens with one attached hydrogen (secondary N) is 1. The van der Waals surface area contributed by atoms with Crippen molar-refractivity contribution >= 4 is 11.6 Å². The predicted octanol–water partition coefficient (Wildman–Crippen LogP) is 1.43. The lowest BCUT2D eigenvalue weighted by molar-refractivity contribution is 0.102. The van der Waals surface area contributed by atoms with E-state index in [1.54, 1.807) is 24.5 Å². The molecule has 0 aliphatic carbocycles. The van der Waals surface area contributed by atoms with Gasteiger partial charge in [-0.15, -0.1) is 0 Å². The summed E-state index contributed by atoms with van der Waals surface area (Å²) in [6.07, 6.45) is 5.81. The van der Waals surface area contributed by atoms with Crippen LogP contribution in [0.3, 0.4) is 0 Å². The molecule has 16 heavy (non-hydrogen) atoms. The van der Waals surface area contributed by atoms with Crippen molar-refractivity contribution in [3.05, 3.63) is 48.5 Å². The molecule has 2 N–H and O–H groups in total.